The second-order valence-electron chi connectivity index (χ2n) is 3.01. The molecule has 5 heteroatoms. The molecule has 1 aliphatic heterocycles. The number of halogens is 4. The lowest BCUT2D eigenvalue weighted by Crippen LogP contribution is -2.05. The van der Waals surface area contributed by atoms with Crippen molar-refractivity contribution in [2.45, 2.75) is 12.6 Å². The summed E-state index contributed by atoms with van der Waals surface area (Å²) in [6.45, 7) is 0. The van der Waals surface area contributed by atoms with Gasteiger partial charge in [-0.05, 0) is 23.8 Å². The van der Waals surface area contributed by atoms with Crippen LogP contribution < -0.4 is 0 Å². The van der Waals surface area contributed by atoms with Crippen molar-refractivity contribution in [1.82, 2.24) is 0 Å². The zero-order valence-corrected chi connectivity index (χ0v) is 7.65. The minimum Gasteiger partial charge on any atom is -0.241 e. The summed E-state index contributed by atoms with van der Waals surface area (Å²) in [5.41, 5.74) is 0.408. The molecule has 0 radical (unpaired) electrons. The van der Waals surface area contributed by atoms with Crippen molar-refractivity contribution in [3.63, 3.8) is 0 Å². The molecule has 0 aromatic heterocycles. The average Bonchev–Trinajstić information content (AvgIpc) is 2.41. The van der Waals surface area contributed by atoms with Crippen LogP contribution in [0.2, 0.25) is 0 Å². The Labute approximate surface area is 83.2 Å². The fourth-order valence-corrected chi connectivity index (χ4v) is 1.57. The Bertz CT molecular complexity index is 409. The molecule has 0 atom stereocenters. The Morgan fingerprint density at radius 1 is 1.29 bits per heavy atom. The van der Waals surface area contributed by atoms with Gasteiger partial charge in [0.2, 0.25) is 0 Å². The molecule has 0 unspecified atom stereocenters. The molecule has 74 valence electrons. The van der Waals surface area contributed by atoms with Crippen LogP contribution in [0.5, 0.6) is 0 Å². The molecule has 1 aromatic rings. The van der Waals surface area contributed by atoms with Gasteiger partial charge in [-0.15, -0.1) is 0 Å². The van der Waals surface area contributed by atoms with Crippen molar-refractivity contribution >= 4 is 22.5 Å². The van der Waals surface area contributed by atoms with Gasteiger partial charge in [0.05, 0.1) is 11.3 Å². The zero-order chi connectivity index (χ0) is 10.3. The molecule has 1 heterocycles. The van der Waals surface area contributed by atoms with Crippen molar-refractivity contribution in [3.05, 3.63) is 29.3 Å². The molecule has 0 fully saturated rings. The van der Waals surface area contributed by atoms with E-state index in [-0.39, 0.29) is 0 Å². The number of alkyl halides is 3. The summed E-state index contributed by atoms with van der Waals surface area (Å²) < 4.78 is 36.8. The highest BCUT2D eigenvalue weighted by Crippen LogP contribution is 2.35. The smallest absolute Gasteiger partial charge is 0.241 e. The van der Waals surface area contributed by atoms with Crippen molar-refractivity contribution in [2.24, 2.45) is 4.99 Å². The lowest BCUT2D eigenvalue weighted by molar-refractivity contribution is -0.137. The summed E-state index contributed by atoms with van der Waals surface area (Å²) >= 11 is 5.61. The molecule has 1 aromatic carbocycles. The van der Waals surface area contributed by atoms with Gasteiger partial charge in [0, 0.05) is 6.42 Å². The fraction of sp³-hybridized carbons (Fsp3) is 0.222. The van der Waals surface area contributed by atoms with Crippen LogP contribution in [0.25, 0.3) is 0 Å². The lowest BCUT2D eigenvalue weighted by Gasteiger charge is -2.07. The number of aliphatic imine (C=N–C) groups is 1. The van der Waals surface area contributed by atoms with Gasteiger partial charge in [0.1, 0.15) is 5.17 Å². The van der Waals surface area contributed by atoms with Crippen molar-refractivity contribution in [3.8, 4) is 0 Å². The number of benzene rings is 1. The Hall–Kier alpha value is -1.03. The van der Waals surface area contributed by atoms with Crippen LogP contribution >= 0.6 is 11.6 Å². The summed E-state index contributed by atoms with van der Waals surface area (Å²) in [7, 11) is 0. The predicted octanol–water partition coefficient (Wildman–Crippen LogP) is 3.53. The van der Waals surface area contributed by atoms with E-state index < -0.39 is 11.7 Å². The third-order valence-corrected chi connectivity index (χ3v) is 2.20. The molecule has 0 saturated carbocycles. The topological polar surface area (TPSA) is 12.4 Å². The van der Waals surface area contributed by atoms with Crippen LogP contribution in [0.4, 0.5) is 18.9 Å². The largest absolute Gasteiger partial charge is 0.416 e. The molecule has 14 heavy (non-hydrogen) atoms. The van der Waals surface area contributed by atoms with Crippen LogP contribution in [0.1, 0.15) is 11.1 Å². The second-order valence-corrected chi connectivity index (χ2v) is 3.44. The van der Waals surface area contributed by atoms with Gasteiger partial charge in [-0.2, -0.15) is 13.2 Å². The van der Waals surface area contributed by atoms with Gasteiger partial charge in [-0.1, -0.05) is 11.6 Å². The molecule has 0 spiro atoms. The molecule has 1 nitrogen and oxygen atoms in total. The van der Waals surface area contributed by atoms with Gasteiger partial charge >= 0.3 is 6.18 Å². The Kier molecular flexibility index (Phi) is 2.03. The minimum atomic E-state index is -4.30. The summed E-state index contributed by atoms with van der Waals surface area (Å²) in [5.74, 6) is 0. The van der Waals surface area contributed by atoms with Gasteiger partial charge < -0.3 is 0 Å². The average molecular weight is 220 g/mol. The van der Waals surface area contributed by atoms with E-state index in [1.54, 1.807) is 0 Å². The number of rotatable bonds is 0. The van der Waals surface area contributed by atoms with E-state index in [2.05, 4.69) is 4.99 Å². The van der Waals surface area contributed by atoms with Gasteiger partial charge in [0.25, 0.3) is 0 Å². The number of hydrogen-bond donors (Lipinski definition) is 0. The lowest BCUT2D eigenvalue weighted by atomic mass is 10.1. The Morgan fingerprint density at radius 2 is 2.00 bits per heavy atom. The van der Waals surface area contributed by atoms with Crippen LogP contribution in [-0.2, 0) is 12.6 Å². The SMILES string of the molecule is FC(F)(F)c1ccc2c(c1)CC(Cl)=N2. The zero-order valence-electron chi connectivity index (χ0n) is 6.90. The third-order valence-electron chi connectivity index (χ3n) is 1.98. The first-order chi connectivity index (χ1) is 6.47. The first-order valence-corrected chi connectivity index (χ1v) is 4.28. The highest BCUT2D eigenvalue weighted by molar-refractivity contribution is 6.66. The van der Waals surface area contributed by atoms with Crippen molar-refractivity contribution < 1.29 is 13.2 Å². The standard InChI is InChI=1S/C9H5ClF3N/c10-8-4-5-3-6(9(11,12)13)1-2-7(5)14-8/h1-3H,4H2. The van der Waals surface area contributed by atoms with Crippen molar-refractivity contribution in [2.75, 3.05) is 0 Å². The number of hydrogen-bond acceptors (Lipinski definition) is 1. The maximum atomic E-state index is 12.3. The van der Waals surface area contributed by atoms with Crippen LogP contribution in [0.15, 0.2) is 23.2 Å². The highest BCUT2D eigenvalue weighted by Gasteiger charge is 2.31. The van der Waals surface area contributed by atoms with Crippen LogP contribution in [-0.4, -0.2) is 5.17 Å². The third kappa shape index (κ3) is 1.62. The summed E-state index contributed by atoms with van der Waals surface area (Å²) in [6.07, 6.45) is -4.01. The predicted molar refractivity (Wildman–Crippen MR) is 48.1 cm³/mol. The minimum absolute atomic E-state index is 0.292. The van der Waals surface area contributed by atoms with Crippen LogP contribution in [0, 0.1) is 0 Å². The summed E-state index contributed by atoms with van der Waals surface area (Å²) in [6, 6.07) is 3.44. The molecule has 0 saturated heterocycles. The van der Waals surface area contributed by atoms with E-state index >= 15 is 0 Å². The Morgan fingerprint density at radius 3 is 2.64 bits per heavy atom. The van der Waals surface area contributed by atoms with Crippen molar-refractivity contribution in [1.29, 1.82) is 0 Å². The first kappa shape index (κ1) is 9.52. The molecule has 1 aliphatic rings. The van der Waals surface area contributed by atoms with Gasteiger partial charge in [-0.3, -0.25) is 0 Å². The highest BCUT2D eigenvalue weighted by atomic mass is 35.5. The first-order valence-electron chi connectivity index (χ1n) is 3.90. The fourth-order valence-electron chi connectivity index (χ4n) is 1.34. The van der Waals surface area contributed by atoms with E-state index in [0.29, 0.717) is 22.8 Å². The van der Waals surface area contributed by atoms with E-state index in [1.807, 2.05) is 0 Å². The molecular weight excluding hydrogens is 215 g/mol. The summed E-state index contributed by atoms with van der Waals surface area (Å²) in [4.78, 5) is 3.89. The molecule has 0 aliphatic carbocycles. The normalized spacial score (nSPS) is 15.3. The van der Waals surface area contributed by atoms with E-state index in [9.17, 15) is 13.2 Å². The maximum Gasteiger partial charge on any atom is 0.416 e. The maximum absolute atomic E-state index is 12.3. The summed E-state index contributed by atoms with van der Waals surface area (Å²) in [5, 5.41) is 0.333. The molecule has 2 rings (SSSR count). The molecule has 0 amide bonds. The van der Waals surface area contributed by atoms with E-state index in [4.69, 9.17) is 11.6 Å². The van der Waals surface area contributed by atoms with E-state index in [0.717, 1.165) is 12.1 Å². The number of nitrogens with zero attached hydrogens (tertiary/aromatic N) is 1. The Balaban J connectivity index is 2.42. The molecule has 0 N–H and O–H groups in total. The quantitative estimate of drug-likeness (QED) is 0.633. The van der Waals surface area contributed by atoms with Crippen LogP contribution in [0.3, 0.4) is 0 Å². The second kappa shape index (κ2) is 2.98. The monoisotopic (exact) mass is 219 g/mol. The number of fused-ring (bicyclic) bond motifs is 1. The molecular formula is C9H5ClF3N. The molecule has 0 bridgehead atoms. The van der Waals surface area contributed by atoms with Gasteiger partial charge in [0.15, 0.2) is 0 Å². The van der Waals surface area contributed by atoms with Gasteiger partial charge in [-0.25, -0.2) is 4.99 Å². The van der Waals surface area contributed by atoms with E-state index in [1.165, 1.54) is 6.07 Å².